The van der Waals surface area contributed by atoms with Crippen molar-refractivity contribution in [3.05, 3.63) is 44.2 Å². The number of aliphatic hydroxyl groups is 1. The molecular formula is C12H10N2O4S2. The van der Waals surface area contributed by atoms with Crippen molar-refractivity contribution in [3.8, 4) is 0 Å². The van der Waals surface area contributed by atoms with E-state index in [0.717, 1.165) is 11.5 Å². The lowest BCUT2D eigenvalue weighted by molar-refractivity contribution is -0.384. The van der Waals surface area contributed by atoms with Crippen molar-refractivity contribution in [2.24, 2.45) is 0 Å². The van der Waals surface area contributed by atoms with Crippen LogP contribution in [-0.4, -0.2) is 33.7 Å². The van der Waals surface area contributed by atoms with Gasteiger partial charge in [-0.15, -0.1) is 23.5 Å². The average Bonchev–Trinajstić information content (AvgIpc) is 2.72. The molecule has 2 aliphatic heterocycles. The Kier molecular flexibility index (Phi) is 3.45. The van der Waals surface area contributed by atoms with Gasteiger partial charge < -0.3 is 5.11 Å². The number of anilines is 1. The molecule has 0 bridgehead atoms. The van der Waals surface area contributed by atoms with Crippen molar-refractivity contribution in [2.75, 3.05) is 16.4 Å². The number of amides is 1. The zero-order valence-electron chi connectivity index (χ0n) is 10.2. The van der Waals surface area contributed by atoms with E-state index in [1.165, 1.54) is 46.6 Å². The second-order valence-electron chi connectivity index (χ2n) is 4.22. The van der Waals surface area contributed by atoms with Crippen LogP contribution in [0.3, 0.4) is 0 Å². The molecule has 104 valence electrons. The number of aliphatic hydroxyl groups excluding tert-OH is 1. The standard InChI is InChI=1S/C12H10N2O4S2/c15-11-9-10(20-5-4-19-9)12(16)13(11)7-2-1-3-8(6-7)14(17)18/h1-3,6,11,15H,4-5H2. The van der Waals surface area contributed by atoms with Crippen LogP contribution < -0.4 is 4.90 Å². The molecule has 3 rings (SSSR count). The van der Waals surface area contributed by atoms with Crippen molar-refractivity contribution in [3.63, 3.8) is 0 Å². The summed E-state index contributed by atoms with van der Waals surface area (Å²) in [5.74, 6) is 1.38. The molecule has 1 amide bonds. The molecule has 2 heterocycles. The van der Waals surface area contributed by atoms with Crippen LogP contribution in [0.1, 0.15) is 0 Å². The largest absolute Gasteiger partial charge is 0.368 e. The summed E-state index contributed by atoms with van der Waals surface area (Å²) in [5.41, 5.74) is 0.236. The number of nitro groups is 1. The zero-order chi connectivity index (χ0) is 14.3. The number of carbonyl (C=O) groups is 1. The molecule has 0 radical (unpaired) electrons. The minimum absolute atomic E-state index is 0.104. The van der Waals surface area contributed by atoms with Crippen LogP contribution in [0.15, 0.2) is 34.1 Å². The summed E-state index contributed by atoms with van der Waals surface area (Å²) in [6, 6.07) is 5.75. The highest BCUT2D eigenvalue weighted by Gasteiger charge is 2.41. The van der Waals surface area contributed by atoms with Crippen molar-refractivity contribution in [2.45, 2.75) is 6.23 Å². The van der Waals surface area contributed by atoms with Gasteiger partial charge in [-0.05, 0) is 6.07 Å². The molecular weight excluding hydrogens is 300 g/mol. The Morgan fingerprint density at radius 1 is 1.35 bits per heavy atom. The van der Waals surface area contributed by atoms with Crippen LogP contribution in [0.25, 0.3) is 0 Å². The lowest BCUT2D eigenvalue weighted by atomic mass is 10.2. The molecule has 0 fully saturated rings. The Labute approximate surface area is 123 Å². The highest BCUT2D eigenvalue weighted by atomic mass is 32.2. The number of thioether (sulfide) groups is 2. The maximum Gasteiger partial charge on any atom is 0.271 e. The molecule has 0 saturated heterocycles. The van der Waals surface area contributed by atoms with E-state index in [0.29, 0.717) is 15.5 Å². The number of hydrogen-bond donors (Lipinski definition) is 1. The maximum atomic E-state index is 12.3. The van der Waals surface area contributed by atoms with Crippen molar-refractivity contribution in [1.82, 2.24) is 0 Å². The van der Waals surface area contributed by atoms with Gasteiger partial charge in [-0.3, -0.25) is 19.8 Å². The smallest absolute Gasteiger partial charge is 0.271 e. The van der Waals surface area contributed by atoms with E-state index >= 15 is 0 Å². The Morgan fingerprint density at radius 3 is 2.80 bits per heavy atom. The summed E-state index contributed by atoms with van der Waals surface area (Å²) < 4.78 is 0. The summed E-state index contributed by atoms with van der Waals surface area (Å²) in [6.45, 7) is 0. The highest BCUT2D eigenvalue weighted by Crippen LogP contribution is 2.44. The van der Waals surface area contributed by atoms with Crippen LogP contribution >= 0.6 is 23.5 Å². The number of hydrogen-bond acceptors (Lipinski definition) is 6. The lowest BCUT2D eigenvalue weighted by Gasteiger charge is -2.21. The first-order valence-corrected chi connectivity index (χ1v) is 7.82. The van der Waals surface area contributed by atoms with Gasteiger partial charge in [-0.1, -0.05) is 6.07 Å². The summed E-state index contributed by atoms with van der Waals surface area (Å²) >= 11 is 2.90. The molecule has 0 aromatic heterocycles. The van der Waals surface area contributed by atoms with Gasteiger partial charge in [0, 0.05) is 23.6 Å². The zero-order valence-corrected chi connectivity index (χ0v) is 11.8. The summed E-state index contributed by atoms with van der Waals surface area (Å²) in [4.78, 5) is 25.0. The Hall–Kier alpha value is -1.51. The molecule has 0 saturated carbocycles. The predicted octanol–water partition coefficient (Wildman–Crippen LogP) is 1.95. The first kappa shape index (κ1) is 13.5. The highest BCUT2D eigenvalue weighted by molar-refractivity contribution is 8.10. The fourth-order valence-electron chi connectivity index (χ4n) is 2.14. The lowest BCUT2D eigenvalue weighted by Crippen LogP contribution is -2.35. The van der Waals surface area contributed by atoms with Crippen LogP contribution in [0.5, 0.6) is 0 Å². The Balaban J connectivity index is 1.98. The molecule has 0 aliphatic carbocycles. The van der Waals surface area contributed by atoms with E-state index in [-0.39, 0.29) is 11.6 Å². The maximum absolute atomic E-state index is 12.3. The molecule has 2 aliphatic rings. The normalized spacial score (nSPS) is 22.1. The number of nitro benzene ring substituents is 1. The van der Waals surface area contributed by atoms with Crippen LogP contribution in [0.2, 0.25) is 0 Å². The second kappa shape index (κ2) is 5.12. The van der Waals surface area contributed by atoms with Crippen LogP contribution in [0.4, 0.5) is 11.4 Å². The molecule has 1 atom stereocenters. The topological polar surface area (TPSA) is 83.7 Å². The van der Waals surface area contributed by atoms with Crippen LogP contribution in [0, 0.1) is 10.1 Å². The Morgan fingerprint density at radius 2 is 2.10 bits per heavy atom. The fraction of sp³-hybridized carbons (Fsp3) is 0.250. The van der Waals surface area contributed by atoms with E-state index in [9.17, 15) is 20.0 Å². The fourth-order valence-corrected chi connectivity index (χ4v) is 4.53. The summed E-state index contributed by atoms with van der Waals surface area (Å²) in [7, 11) is 0. The molecule has 8 heteroatoms. The Bertz CT molecular complexity index is 632. The third-order valence-electron chi connectivity index (χ3n) is 3.02. The van der Waals surface area contributed by atoms with E-state index in [4.69, 9.17) is 0 Å². The second-order valence-corrected chi connectivity index (χ2v) is 6.46. The van der Waals surface area contributed by atoms with Crippen molar-refractivity contribution >= 4 is 40.8 Å². The number of carbonyl (C=O) groups excluding carboxylic acids is 1. The quantitative estimate of drug-likeness (QED) is 0.664. The number of benzene rings is 1. The molecule has 6 nitrogen and oxygen atoms in total. The molecule has 1 N–H and O–H groups in total. The van der Waals surface area contributed by atoms with E-state index in [2.05, 4.69) is 0 Å². The van der Waals surface area contributed by atoms with Gasteiger partial charge in [0.05, 0.1) is 20.4 Å². The molecule has 1 aromatic rings. The third kappa shape index (κ3) is 2.09. The summed E-state index contributed by atoms with van der Waals surface area (Å²) in [5, 5.41) is 21.1. The van der Waals surface area contributed by atoms with E-state index in [1.807, 2.05) is 0 Å². The molecule has 1 aromatic carbocycles. The average molecular weight is 310 g/mol. The van der Waals surface area contributed by atoms with Gasteiger partial charge in [0.2, 0.25) is 0 Å². The number of non-ortho nitro benzene ring substituents is 1. The molecule has 1 unspecified atom stereocenters. The van der Waals surface area contributed by atoms with Crippen molar-refractivity contribution < 1.29 is 14.8 Å². The molecule has 0 spiro atoms. The summed E-state index contributed by atoms with van der Waals surface area (Å²) in [6.07, 6.45) is -1.04. The van der Waals surface area contributed by atoms with E-state index < -0.39 is 11.2 Å². The van der Waals surface area contributed by atoms with E-state index in [1.54, 1.807) is 6.07 Å². The number of rotatable bonds is 2. The number of nitrogens with zero attached hydrogens (tertiary/aromatic N) is 2. The van der Waals surface area contributed by atoms with Gasteiger partial charge in [0.1, 0.15) is 0 Å². The minimum Gasteiger partial charge on any atom is -0.368 e. The predicted molar refractivity (Wildman–Crippen MR) is 78.5 cm³/mol. The van der Waals surface area contributed by atoms with Crippen LogP contribution in [-0.2, 0) is 4.79 Å². The van der Waals surface area contributed by atoms with Gasteiger partial charge in [0.15, 0.2) is 6.23 Å². The van der Waals surface area contributed by atoms with Gasteiger partial charge >= 0.3 is 0 Å². The van der Waals surface area contributed by atoms with Gasteiger partial charge in [-0.2, -0.15) is 0 Å². The van der Waals surface area contributed by atoms with Gasteiger partial charge in [-0.25, -0.2) is 0 Å². The van der Waals surface area contributed by atoms with Crippen molar-refractivity contribution in [1.29, 1.82) is 0 Å². The third-order valence-corrected chi connectivity index (χ3v) is 5.64. The SMILES string of the molecule is O=C1C2=C(SCCS2)C(O)N1c1cccc([N+](=O)[O-])c1. The first-order valence-electron chi connectivity index (χ1n) is 5.85. The minimum atomic E-state index is -1.04. The van der Waals surface area contributed by atoms with Gasteiger partial charge in [0.25, 0.3) is 11.6 Å². The monoisotopic (exact) mass is 310 g/mol. The first-order chi connectivity index (χ1) is 9.59. The molecule has 20 heavy (non-hydrogen) atoms.